The highest BCUT2D eigenvalue weighted by atomic mass is 35.5. The first-order valence-corrected chi connectivity index (χ1v) is 12.2. The van der Waals surface area contributed by atoms with Crippen LogP contribution >= 0.6 is 22.9 Å². The van der Waals surface area contributed by atoms with Crippen molar-refractivity contribution in [2.24, 2.45) is 5.92 Å². The van der Waals surface area contributed by atoms with Gasteiger partial charge in [0.25, 0.3) is 0 Å². The highest BCUT2D eigenvalue weighted by molar-refractivity contribution is 7.10. The SMILES string of the molecule is CC[C@H](C)CN(CC(=O)N1CCc2sccc2[C@H]1COc1ccc(Cl)cc1)C(=O)COC. The average Bonchev–Trinajstić information content (AvgIpc) is 3.27. The molecule has 0 fully saturated rings. The number of hydrogen-bond donors (Lipinski definition) is 0. The first-order valence-electron chi connectivity index (χ1n) is 10.9. The predicted octanol–water partition coefficient (Wildman–Crippen LogP) is 4.43. The molecule has 0 aliphatic carbocycles. The van der Waals surface area contributed by atoms with Crippen LogP contribution in [0.1, 0.15) is 36.8 Å². The molecule has 0 bridgehead atoms. The molecule has 6 nitrogen and oxygen atoms in total. The zero-order valence-electron chi connectivity index (χ0n) is 18.9. The van der Waals surface area contributed by atoms with E-state index in [-0.39, 0.29) is 31.0 Å². The zero-order valence-corrected chi connectivity index (χ0v) is 20.5. The number of benzene rings is 1. The summed E-state index contributed by atoms with van der Waals surface area (Å²) in [5.74, 6) is 0.776. The van der Waals surface area contributed by atoms with Crippen LogP contribution in [0.5, 0.6) is 5.75 Å². The largest absolute Gasteiger partial charge is 0.491 e. The molecule has 0 radical (unpaired) electrons. The summed E-state index contributed by atoms with van der Waals surface area (Å²) < 4.78 is 11.1. The van der Waals surface area contributed by atoms with Gasteiger partial charge in [-0.15, -0.1) is 11.3 Å². The Morgan fingerprint density at radius 1 is 1.28 bits per heavy atom. The van der Waals surface area contributed by atoms with Crippen molar-refractivity contribution in [3.63, 3.8) is 0 Å². The van der Waals surface area contributed by atoms with Gasteiger partial charge in [0, 0.05) is 30.1 Å². The van der Waals surface area contributed by atoms with E-state index in [0.29, 0.717) is 36.4 Å². The summed E-state index contributed by atoms with van der Waals surface area (Å²) in [6.45, 7) is 5.67. The number of carbonyl (C=O) groups is 2. The van der Waals surface area contributed by atoms with E-state index < -0.39 is 0 Å². The first-order chi connectivity index (χ1) is 15.4. The fourth-order valence-corrected chi connectivity index (χ4v) is 4.86. The van der Waals surface area contributed by atoms with Crippen LogP contribution in [-0.2, 0) is 20.7 Å². The quantitative estimate of drug-likeness (QED) is 0.507. The lowest BCUT2D eigenvalue weighted by Gasteiger charge is -2.37. The van der Waals surface area contributed by atoms with E-state index in [2.05, 4.69) is 25.3 Å². The Labute approximate surface area is 199 Å². The van der Waals surface area contributed by atoms with Gasteiger partial charge in [-0.2, -0.15) is 0 Å². The molecular weight excluding hydrogens is 448 g/mol. The lowest BCUT2D eigenvalue weighted by Crippen LogP contribution is -2.49. The Morgan fingerprint density at radius 2 is 2.03 bits per heavy atom. The molecule has 0 N–H and O–H groups in total. The minimum atomic E-state index is -0.198. The number of amides is 2. The Bertz CT molecular complexity index is 902. The molecule has 1 aromatic carbocycles. The molecule has 1 aromatic heterocycles. The van der Waals surface area contributed by atoms with Crippen molar-refractivity contribution in [1.29, 1.82) is 0 Å². The van der Waals surface area contributed by atoms with Crippen LogP contribution in [-0.4, -0.2) is 61.6 Å². The molecule has 3 rings (SSSR count). The zero-order chi connectivity index (χ0) is 23.1. The van der Waals surface area contributed by atoms with Gasteiger partial charge < -0.3 is 19.3 Å². The molecule has 2 heterocycles. The van der Waals surface area contributed by atoms with Gasteiger partial charge in [0.2, 0.25) is 11.8 Å². The highest BCUT2D eigenvalue weighted by Gasteiger charge is 2.33. The van der Waals surface area contributed by atoms with Crippen LogP contribution in [0.15, 0.2) is 35.7 Å². The molecule has 0 spiro atoms. The number of carbonyl (C=O) groups excluding carboxylic acids is 2. The molecule has 2 amide bonds. The van der Waals surface area contributed by atoms with E-state index in [4.69, 9.17) is 21.1 Å². The van der Waals surface area contributed by atoms with Crippen LogP contribution in [0.4, 0.5) is 0 Å². The van der Waals surface area contributed by atoms with Crippen LogP contribution in [0.25, 0.3) is 0 Å². The maximum Gasteiger partial charge on any atom is 0.249 e. The van der Waals surface area contributed by atoms with Crippen molar-refractivity contribution >= 4 is 34.8 Å². The van der Waals surface area contributed by atoms with Crippen molar-refractivity contribution < 1.29 is 19.1 Å². The second-order valence-corrected chi connectivity index (χ2v) is 9.57. The van der Waals surface area contributed by atoms with Gasteiger partial charge in [0.1, 0.15) is 19.0 Å². The topological polar surface area (TPSA) is 59.1 Å². The Balaban J connectivity index is 1.75. The van der Waals surface area contributed by atoms with Crippen LogP contribution in [0.3, 0.4) is 0 Å². The van der Waals surface area contributed by atoms with E-state index in [9.17, 15) is 9.59 Å². The summed E-state index contributed by atoms with van der Waals surface area (Å²) >= 11 is 7.68. The number of methoxy groups -OCH3 is 1. The third-order valence-electron chi connectivity index (χ3n) is 5.81. The summed E-state index contributed by atoms with van der Waals surface area (Å²) in [4.78, 5) is 30.8. The van der Waals surface area contributed by atoms with Crippen molar-refractivity contribution in [3.05, 3.63) is 51.2 Å². The van der Waals surface area contributed by atoms with Crippen LogP contribution in [0, 0.1) is 5.92 Å². The molecule has 1 aliphatic heterocycles. The Kier molecular flexibility index (Phi) is 8.96. The normalized spacial score (nSPS) is 16.4. The monoisotopic (exact) mass is 478 g/mol. The lowest BCUT2D eigenvalue weighted by molar-refractivity contribution is -0.145. The molecule has 2 aromatic rings. The van der Waals surface area contributed by atoms with Crippen molar-refractivity contribution in [2.75, 3.05) is 40.0 Å². The number of hydrogen-bond acceptors (Lipinski definition) is 5. The molecular formula is C24H31ClN2O4S. The summed E-state index contributed by atoms with van der Waals surface area (Å²) in [5, 5.41) is 2.71. The third kappa shape index (κ3) is 6.24. The van der Waals surface area contributed by atoms with Gasteiger partial charge in [0.15, 0.2) is 0 Å². The Morgan fingerprint density at radius 3 is 2.72 bits per heavy atom. The predicted molar refractivity (Wildman–Crippen MR) is 127 cm³/mol. The Hall–Kier alpha value is -2.09. The fourth-order valence-electron chi connectivity index (χ4n) is 3.81. The van der Waals surface area contributed by atoms with E-state index in [1.54, 1.807) is 28.4 Å². The van der Waals surface area contributed by atoms with E-state index >= 15 is 0 Å². The van der Waals surface area contributed by atoms with Gasteiger partial charge in [-0.05, 0) is 53.6 Å². The van der Waals surface area contributed by atoms with E-state index in [1.807, 2.05) is 17.0 Å². The number of rotatable bonds is 10. The van der Waals surface area contributed by atoms with Gasteiger partial charge in [-0.1, -0.05) is 31.9 Å². The van der Waals surface area contributed by atoms with E-state index in [0.717, 1.165) is 18.4 Å². The molecule has 2 atom stereocenters. The second-order valence-electron chi connectivity index (χ2n) is 8.14. The fraction of sp³-hybridized carbons (Fsp3) is 0.500. The number of halogens is 1. The van der Waals surface area contributed by atoms with Gasteiger partial charge in [-0.3, -0.25) is 9.59 Å². The van der Waals surface area contributed by atoms with Crippen molar-refractivity contribution in [3.8, 4) is 5.75 Å². The first kappa shape index (κ1) is 24.6. The standard InChI is InChI=1S/C24H31ClN2O4S/c1-4-17(2)13-26(24(29)16-30-3)14-23(28)27-11-9-22-20(10-12-32-22)21(27)15-31-19-7-5-18(25)6-8-19/h5-8,10,12,17,21H,4,9,11,13-16H2,1-3H3/t17-,21+/m0/s1. The summed E-state index contributed by atoms with van der Waals surface area (Å²) in [5.41, 5.74) is 1.13. The number of thiophene rings is 1. The molecule has 32 heavy (non-hydrogen) atoms. The maximum absolute atomic E-state index is 13.4. The number of nitrogens with zero attached hydrogens (tertiary/aromatic N) is 2. The minimum Gasteiger partial charge on any atom is -0.491 e. The summed E-state index contributed by atoms with van der Waals surface area (Å²) in [6, 6.07) is 9.08. The van der Waals surface area contributed by atoms with Gasteiger partial charge in [0.05, 0.1) is 12.6 Å². The average molecular weight is 479 g/mol. The molecule has 0 unspecified atom stereocenters. The highest BCUT2D eigenvalue weighted by Crippen LogP contribution is 2.34. The molecule has 0 saturated carbocycles. The van der Waals surface area contributed by atoms with Crippen LogP contribution in [0.2, 0.25) is 5.02 Å². The van der Waals surface area contributed by atoms with Crippen molar-refractivity contribution in [2.45, 2.75) is 32.7 Å². The number of ether oxygens (including phenoxy) is 2. The maximum atomic E-state index is 13.4. The molecule has 174 valence electrons. The third-order valence-corrected chi connectivity index (χ3v) is 7.06. The molecule has 1 aliphatic rings. The van der Waals surface area contributed by atoms with Crippen molar-refractivity contribution in [1.82, 2.24) is 9.80 Å². The van der Waals surface area contributed by atoms with Gasteiger partial charge >= 0.3 is 0 Å². The van der Waals surface area contributed by atoms with E-state index in [1.165, 1.54) is 12.0 Å². The smallest absolute Gasteiger partial charge is 0.249 e. The molecule has 0 saturated heterocycles. The van der Waals surface area contributed by atoms with Gasteiger partial charge in [-0.25, -0.2) is 0 Å². The summed E-state index contributed by atoms with van der Waals surface area (Å²) in [7, 11) is 1.49. The second kappa shape index (κ2) is 11.7. The summed E-state index contributed by atoms with van der Waals surface area (Å²) in [6.07, 6.45) is 1.75. The van der Waals surface area contributed by atoms with Crippen LogP contribution < -0.4 is 4.74 Å². The lowest BCUT2D eigenvalue weighted by atomic mass is 10.00. The minimum absolute atomic E-state index is 0.0263. The number of fused-ring (bicyclic) bond motifs is 1. The molecule has 8 heteroatoms.